The van der Waals surface area contributed by atoms with Crippen LogP contribution in [0.15, 0.2) is 71.8 Å². The number of rotatable bonds is 9. The molecule has 1 amide bonds. The van der Waals surface area contributed by atoms with Crippen molar-refractivity contribution in [2.24, 2.45) is 0 Å². The predicted octanol–water partition coefficient (Wildman–Crippen LogP) is 5.64. The molecule has 0 spiro atoms. The van der Waals surface area contributed by atoms with Gasteiger partial charge in [-0.3, -0.25) is 18.9 Å². The number of sulfonamides is 1. The number of aromatic amines is 1. The van der Waals surface area contributed by atoms with Gasteiger partial charge in [0.25, 0.3) is 5.56 Å². The lowest BCUT2D eigenvalue weighted by Gasteiger charge is -2.24. The van der Waals surface area contributed by atoms with Crippen LogP contribution >= 0.6 is 0 Å². The Balaban J connectivity index is 1.32. The van der Waals surface area contributed by atoms with E-state index in [1.807, 2.05) is 57.2 Å². The number of carbonyl (C=O) groups excluding carboxylic acids is 1. The van der Waals surface area contributed by atoms with Gasteiger partial charge in [-0.25, -0.2) is 8.42 Å². The van der Waals surface area contributed by atoms with Crippen LogP contribution in [-0.2, 0) is 27.0 Å². The average molecular weight is 614 g/mol. The Morgan fingerprint density at radius 3 is 2.57 bits per heavy atom. The number of nitrogens with one attached hydrogen (secondary N) is 2. The summed E-state index contributed by atoms with van der Waals surface area (Å²) < 4.78 is 42.1. The van der Waals surface area contributed by atoms with Crippen molar-refractivity contribution in [2.45, 2.75) is 51.7 Å². The summed E-state index contributed by atoms with van der Waals surface area (Å²) in [7, 11) is -3.96. The lowest BCUT2D eigenvalue weighted by molar-refractivity contribution is -0.121. The Morgan fingerprint density at radius 1 is 1.02 bits per heavy atom. The molecule has 1 aliphatic carbocycles. The number of benzene rings is 3. The van der Waals surface area contributed by atoms with E-state index in [1.54, 1.807) is 35.2 Å². The van der Waals surface area contributed by atoms with E-state index in [1.165, 1.54) is 0 Å². The van der Waals surface area contributed by atoms with Gasteiger partial charge in [0.15, 0.2) is 5.75 Å². The lowest BCUT2D eigenvalue weighted by atomic mass is 9.82. The minimum absolute atomic E-state index is 0.265. The summed E-state index contributed by atoms with van der Waals surface area (Å²) in [5.41, 5.74) is 4.26. The van der Waals surface area contributed by atoms with E-state index in [0.29, 0.717) is 58.7 Å². The highest BCUT2D eigenvalue weighted by atomic mass is 32.2. The van der Waals surface area contributed by atoms with Crippen LogP contribution in [0.4, 0.5) is 0 Å². The molecule has 0 radical (unpaired) electrons. The summed E-state index contributed by atoms with van der Waals surface area (Å²) in [5, 5.41) is 1.78. The molecule has 9 nitrogen and oxygen atoms in total. The summed E-state index contributed by atoms with van der Waals surface area (Å²) in [4.78, 5) is 30.2. The molecule has 44 heavy (non-hydrogen) atoms. The zero-order valence-electron chi connectivity index (χ0n) is 25.0. The maximum Gasteiger partial charge on any atom is 0.266 e. The molecule has 0 saturated heterocycles. The second-order valence-corrected chi connectivity index (χ2v) is 12.8. The third kappa shape index (κ3) is 5.34. The third-order valence-electron chi connectivity index (χ3n) is 8.16. The molecule has 0 saturated carbocycles. The molecule has 0 bridgehead atoms. The molecule has 2 aromatic heterocycles. The zero-order chi connectivity index (χ0) is 31.0. The van der Waals surface area contributed by atoms with Gasteiger partial charge < -0.3 is 14.5 Å². The average Bonchev–Trinajstić information content (AvgIpc) is 3.34. The standard InChI is InChI=1S/C34H35N3O6S/c1-4-42-31-26-14-9-17-35-30(26)32(43-5-2)27-19-37(34(39)29(27)31)28-16-15-22(18-21(28)3)20-44(40,41)36-33(38)25-13-8-11-23-10-6-7-12-24(23)25/h6-7,9-10,12,14-19,25,35H,4-5,8,11,13,20H2,1-3H3,(H,36,38). The van der Waals surface area contributed by atoms with Gasteiger partial charge in [-0.15, -0.1) is 0 Å². The van der Waals surface area contributed by atoms with Gasteiger partial charge >= 0.3 is 0 Å². The highest BCUT2D eigenvalue weighted by molar-refractivity contribution is 7.89. The minimum atomic E-state index is -3.96. The number of carbonyl (C=O) groups is 1. The Kier molecular flexibility index (Phi) is 7.94. The van der Waals surface area contributed by atoms with E-state index < -0.39 is 21.8 Å². The fraction of sp³-hybridized carbons (Fsp3) is 0.294. The molecule has 6 rings (SSSR count). The smallest absolute Gasteiger partial charge is 0.266 e. The van der Waals surface area contributed by atoms with Crippen molar-refractivity contribution in [1.82, 2.24) is 14.3 Å². The monoisotopic (exact) mass is 613 g/mol. The highest BCUT2D eigenvalue weighted by Crippen LogP contribution is 2.41. The topological polar surface area (TPSA) is 119 Å². The van der Waals surface area contributed by atoms with Crippen LogP contribution < -0.4 is 19.8 Å². The van der Waals surface area contributed by atoms with Crippen LogP contribution in [0.2, 0.25) is 0 Å². The maximum absolute atomic E-state index is 13.9. The van der Waals surface area contributed by atoms with Gasteiger partial charge in [0.2, 0.25) is 15.9 Å². The summed E-state index contributed by atoms with van der Waals surface area (Å²) >= 11 is 0. The molecule has 0 fully saturated rings. The number of aromatic nitrogens is 2. The maximum atomic E-state index is 13.9. The number of aryl methyl sites for hydroxylation is 2. The van der Waals surface area contributed by atoms with Crippen molar-refractivity contribution in [2.75, 3.05) is 13.2 Å². The number of fused-ring (bicyclic) bond motifs is 3. The van der Waals surface area contributed by atoms with Crippen molar-refractivity contribution in [3.8, 4) is 17.2 Å². The highest BCUT2D eigenvalue weighted by Gasteiger charge is 2.29. The number of amides is 1. The first-order valence-corrected chi connectivity index (χ1v) is 16.5. The summed E-state index contributed by atoms with van der Waals surface area (Å²) in [6, 6.07) is 16.6. The minimum Gasteiger partial charge on any atom is -0.492 e. The van der Waals surface area contributed by atoms with Gasteiger partial charge in [0.1, 0.15) is 5.75 Å². The fourth-order valence-electron chi connectivity index (χ4n) is 6.31. The molecular formula is C34H35N3O6S. The molecule has 1 aliphatic rings. The normalized spacial score (nSPS) is 14.8. The fourth-order valence-corrected chi connectivity index (χ4v) is 7.45. The van der Waals surface area contributed by atoms with E-state index in [9.17, 15) is 18.0 Å². The molecule has 2 N–H and O–H groups in total. The number of ether oxygens (including phenoxy) is 2. The first kappa shape index (κ1) is 29.5. The molecule has 1 unspecified atom stereocenters. The number of hydrogen-bond acceptors (Lipinski definition) is 6. The van der Waals surface area contributed by atoms with Gasteiger partial charge in [-0.05, 0) is 80.5 Å². The van der Waals surface area contributed by atoms with Crippen LogP contribution in [0.5, 0.6) is 11.5 Å². The number of hydrogen-bond donors (Lipinski definition) is 2. The van der Waals surface area contributed by atoms with Crippen LogP contribution in [0.3, 0.4) is 0 Å². The van der Waals surface area contributed by atoms with Gasteiger partial charge in [0, 0.05) is 17.8 Å². The van der Waals surface area contributed by atoms with Gasteiger partial charge in [-0.2, -0.15) is 0 Å². The largest absolute Gasteiger partial charge is 0.492 e. The molecule has 2 heterocycles. The Hall–Kier alpha value is -4.57. The van der Waals surface area contributed by atoms with Crippen molar-refractivity contribution >= 4 is 37.6 Å². The lowest BCUT2D eigenvalue weighted by Crippen LogP contribution is -2.36. The predicted molar refractivity (Wildman–Crippen MR) is 171 cm³/mol. The van der Waals surface area contributed by atoms with Crippen LogP contribution in [0.1, 0.15) is 54.9 Å². The molecular weight excluding hydrogens is 578 g/mol. The van der Waals surface area contributed by atoms with E-state index in [-0.39, 0.29) is 11.3 Å². The number of nitrogens with zero attached hydrogens (tertiary/aromatic N) is 1. The van der Waals surface area contributed by atoms with E-state index in [2.05, 4.69) is 9.71 Å². The second-order valence-electron chi connectivity index (χ2n) is 11.1. The van der Waals surface area contributed by atoms with Gasteiger partial charge in [-0.1, -0.05) is 36.4 Å². The quantitative estimate of drug-likeness (QED) is 0.222. The number of pyridine rings is 1. The Bertz CT molecular complexity index is 2060. The van der Waals surface area contributed by atoms with E-state index in [0.717, 1.165) is 34.9 Å². The van der Waals surface area contributed by atoms with Gasteiger partial charge in [0.05, 0.1) is 46.9 Å². The van der Waals surface area contributed by atoms with Crippen molar-refractivity contribution in [1.29, 1.82) is 0 Å². The third-order valence-corrected chi connectivity index (χ3v) is 9.38. The molecule has 228 valence electrons. The van der Waals surface area contributed by atoms with Crippen molar-refractivity contribution in [3.63, 3.8) is 0 Å². The zero-order valence-corrected chi connectivity index (χ0v) is 25.8. The summed E-state index contributed by atoms with van der Waals surface area (Å²) in [6.45, 7) is 6.37. The second kappa shape index (κ2) is 11.8. The Labute approximate surface area is 255 Å². The SMILES string of the molecule is CCOc1c2cn(-c3ccc(CS(=O)(=O)NC(=O)C4CCCc5ccccc54)cc3C)c(=O)c2c(OCC)c2ccc[nH]c12. The van der Waals surface area contributed by atoms with Crippen molar-refractivity contribution in [3.05, 3.63) is 99.6 Å². The summed E-state index contributed by atoms with van der Waals surface area (Å²) in [5.74, 6) is -0.307. The van der Waals surface area contributed by atoms with Crippen LogP contribution in [0.25, 0.3) is 27.4 Å². The van der Waals surface area contributed by atoms with E-state index >= 15 is 0 Å². The van der Waals surface area contributed by atoms with Crippen molar-refractivity contribution < 1.29 is 22.7 Å². The Morgan fingerprint density at radius 2 is 1.80 bits per heavy atom. The van der Waals surface area contributed by atoms with E-state index in [4.69, 9.17) is 9.47 Å². The first-order chi connectivity index (χ1) is 21.2. The van der Waals surface area contributed by atoms with Crippen LogP contribution in [-0.4, -0.2) is 37.1 Å². The molecule has 3 aromatic carbocycles. The molecule has 0 aliphatic heterocycles. The first-order valence-electron chi connectivity index (χ1n) is 14.9. The molecule has 1 atom stereocenters. The summed E-state index contributed by atoms with van der Waals surface area (Å²) in [6.07, 6.45) is 5.87. The number of H-pyrrole nitrogens is 1. The molecule has 10 heteroatoms. The molecule has 5 aromatic rings. The van der Waals surface area contributed by atoms with Crippen LogP contribution in [0, 0.1) is 6.92 Å².